The molecule has 0 aliphatic carbocycles. The minimum Gasteiger partial charge on any atom is -0.369 e. The van der Waals surface area contributed by atoms with Crippen LogP contribution in [0, 0.1) is 10.8 Å². The third-order valence-corrected chi connectivity index (χ3v) is 1.78. The van der Waals surface area contributed by atoms with Gasteiger partial charge in [-0.25, -0.2) is 9.88 Å². The predicted octanol–water partition coefficient (Wildman–Crippen LogP) is 0.450. The third-order valence-electron chi connectivity index (χ3n) is 1.01. The second-order valence-corrected chi connectivity index (χ2v) is 2.57. The van der Waals surface area contributed by atoms with Gasteiger partial charge in [0.1, 0.15) is 0 Å². The van der Waals surface area contributed by atoms with Crippen molar-refractivity contribution in [2.45, 2.75) is 0 Å². The molecule has 0 aliphatic rings. The van der Waals surface area contributed by atoms with E-state index >= 15 is 0 Å². The van der Waals surface area contributed by atoms with E-state index in [1.807, 2.05) is 0 Å². The van der Waals surface area contributed by atoms with Crippen LogP contribution < -0.4 is 10.6 Å². The van der Waals surface area contributed by atoms with Crippen LogP contribution >= 0.6 is 11.3 Å². The molecule has 5 nitrogen and oxygen atoms in total. The molecule has 0 spiro atoms. The van der Waals surface area contributed by atoms with Crippen LogP contribution in [0.1, 0.15) is 0 Å². The first kappa shape index (κ1) is 7.67. The van der Waals surface area contributed by atoms with E-state index in [1.165, 1.54) is 16.2 Å². The number of hydrogen-bond acceptors (Lipinski definition) is 4. The second kappa shape index (κ2) is 3.11. The Morgan fingerprint density at radius 3 is 2.91 bits per heavy atom. The summed E-state index contributed by atoms with van der Waals surface area (Å²) in [6, 6.07) is 0. The fourth-order valence-electron chi connectivity index (χ4n) is 0.563. The lowest BCUT2D eigenvalue weighted by atomic mass is 10.8. The number of guanidine groups is 1. The molecule has 1 heterocycles. The Morgan fingerprint density at radius 1 is 1.82 bits per heavy atom. The highest BCUT2D eigenvalue weighted by atomic mass is 32.1. The van der Waals surface area contributed by atoms with Gasteiger partial charge in [0.05, 0.1) is 6.34 Å². The molecule has 0 atom stereocenters. The molecule has 0 radical (unpaired) electrons. The Kier molecular flexibility index (Phi) is 2.17. The Morgan fingerprint density at radius 2 is 2.55 bits per heavy atom. The Bertz CT molecular complexity index is 254. The van der Waals surface area contributed by atoms with Gasteiger partial charge < -0.3 is 5.73 Å². The summed E-state index contributed by atoms with van der Waals surface area (Å²) >= 11 is 1.33. The summed E-state index contributed by atoms with van der Waals surface area (Å²) in [4.78, 5) is 5.07. The molecule has 0 saturated carbocycles. The van der Waals surface area contributed by atoms with Crippen LogP contribution in [0.5, 0.6) is 0 Å². The van der Waals surface area contributed by atoms with E-state index in [0.717, 1.165) is 6.34 Å². The average molecular weight is 169 g/mol. The number of hydrogen-bond donors (Lipinski definition) is 3. The first-order valence-electron chi connectivity index (χ1n) is 2.79. The van der Waals surface area contributed by atoms with E-state index in [1.54, 1.807) is 11.6 Å². The zero-order valence-electron chi connectivity index (χ0n) is 5.61. The molecule has 0 aromatic carbocycles. The van der Waals surface area contributed by atoms with Crippen LogP contribution in [-0.4, -0.2) is 17.3 Å². The number of nitrogens with two attached hydrogens (primary N) is 1. The van der Waals surface area contributed by atoms with Crippen LogP contribution in [0.15, 0.2) is 11.6 Å². The predicted molar refractivity (Wildman–Crippen MR) is 45.3 cm³/mol. The maximum absolute atomic E-state index is 7.05. The average Bonchev–Trinajstić information content (AvgIpc) is 2.40. The largest absolute Gasteiger partial charge is 0.369 e. The topological polar surface area (TPSA) is 89.9 Å². The van der Waals surface area contributed by atoms with E-state index in [2.05, 4.69) is 4.98 Å². The molecule has 0 aliphatic heterocycles. The van der Waals surface area contributed by atoms with Gasteiger partial charge >= 0.3 is 0 Å². The maximum Gasteiger partial charge on any atom is 0.200 e. The van der Waals surface area contributed by atoms with Gasteiger partial charge in [-0.1, -0.05) is 0 Å². The Balaban J connectivity index is 2.88. The summed E-state index contributed by atoms with van der Waals surface area (Å²) in [6.07, 6.45) is 2.56. The Hall–Kier alpha value is -1.43. The molecule has 0 unspecified atom stereocenters. The van der Waals surface area contributed by atoms with Crippen molar-refractivity contribution in [2.24, 2.45) is 5.73 Å². The molecule has 58 valence electrons. The standard InChI is InChI=1S/C5H7N5S/c6-3-10(4(7)8)5-9-1-2-11-5/h1-3,6H,(H3,7,8). The van der Waals surface area contributed by atoms with Gasteiger partial charge in [0.25, 0.3) is 0 Å². The van der Waals surface area contributed by atoms with Gasteiger partial charge in [0, 0.05) is 11.6 Å². The first-order chi connectivity index (χ1) is 5.25. The summed E-state index contributed by atoms with van der Waals surface area (Å²) in [5.74, 6) is -0.199. The molecule has 0 saturated heterocycles. The van der Waals surface area contributed by atoms with Gasteiger partial charge in [-0.05, 0) is 0 Å². The quantitative estimate of drug-likeness (QED) is 0.443. The number of thiazole rings is 1. The molecule has 1 aromatic rings. The molecular weight excluding hydrogens is 162 g/mol. The number of aromatic nitrogens is 1. The van der Waals surface area contributed by atoms with Gasteiger partial charge in [-0.15, -0.1) is 11.3 Å². The summed E-state index contributed by atoms with van der Waals surface area (Å²) in [5, 5.41) is 16.3. The molecule has 0 amide bonds. The first-order valence-corrected chi connectivity index (χ1v) is 3.67. The molecule has 1 aromatic heterocycles. The minimum atomic E-state index is -0.199. The van der Waals surface area contributed by atoms with Crippen molar-refractivity contribution < 1.29 is 0 Å². The number of rotatable bonds is 2. The Labute approximate surface area is 67.5 Å². The van der Waals surface area contributed by atoms with Crippen molar-refractivity contribution in [3.63, 3.8) is 0 Å². The smallest absolute Gasteiger partial charge is 0.200 e. The lowest BCUT2D eigenvalue weighted by Gasteiger charge is -2.11. The van der Waals surface area contributed by atoms with Crippen molar-refractivity contribution in [1.82, 2.24) is 4.98 Å². The molecule has 11 heavy (non-hydrogen) atoms. The summed E-state index contributed by atoms with van der Waals surface area (Å²) in [7, 11) is 0. The SMILES string of the molecule is N=CN(C(=N)N)c1nccs1. The third kappa shape index (κ3) is 1.53. The zero-order valence-corrected chi connectivity index (χ0v) is 6.43. The normalized spacial score (nSPS) is 9.09. The van der Waals surface area contributed by atoms with E-state index in [9.17, 15) is 0 Å². The molecule has 0 bridgehead atoms. The summed E-state index contributed by atoms with van der Waals surface area (Å²) in [6.45, 7) is 0. The lowest BCUT2D eigenvalue weighted by Crippen LogP contribution is -2.34. The fraction of sp³-hybridized carbons (Fsp3) is 0. The fourth-order valence-corrected chi connectivity index (χ4v) is 1.19. The highest BCUT2D eigenvalue weighted by Gasteiger charge is 2.07. The number of nitrogens with zero attached hydrogens (tertiary/aromatic N) is 2. The zero-order chi connectivity index (χ0) is 8.27. The number of anilines is 1. The van der Waals surface area contributed by atoms with Gasteiger partial charge in [-0.3, -0.25) is 10.8 Å². The van der Waals surface area contributed by atoms with Gasteiger partial charge in [0.15, 0.2) is 11.1 Å². The van der Waals surface area contributed by atoms with E-state index < -0.39 is 0 Å². The van der Waals surface area contributed by atoms with Crippen molar-refractivity contribution >= 4 is 28.8 Å². The van der Waals surface area contributed by atoms with Crippen LogP contribution in [0.3, 0.4) is 0 Å². The highest BCUT2D eigenvalue weighted by Crippen LogP contribution is 2.14. The van der Waals surface area contributed by atoms with Crippen molar-refractivity contribution in [3.8, 4) is 0 Å². The summed E-state index contributed by atoms with van der Waals surface area (Å²) < 4.78 is 0. The van der Waals surface area contributed by atoms with Crippen LogP contribution in [0.4, 0.5) is 5.13 Å². The van der Waals surface area contributed by atoms with Crippen molar-refractivity contribution in [3.05, 3.63) is 11.6 Å². The lowest BCUT2D eigenvalue weighted by molar-refractivity contribution is 1.26. The second-order valence-electron chi connectivity index (χ2n) is 1.70. The monoisotopic (exact) mass is 169 g/mol. The highest BCUT2D eigenvalue weighted by molar-refractivity contribution is 7.14. The number of nitrogens with one attached hydrogen (secondary N) is 2. The van der Waals surface area contributed by atoms with Crippen molar-refractivity contribution in [2.75, 3.05) is 4.90 Å². The maximum atomic E-state index is 7.05. The summed E-state index contributed by atoms with van der Waals surface area (Å²) in [5.41, 5.74) is 5.16. The molecule has 0 fully saturated rings. The van der Waals surface area contributed by atoms with Crippen LogP contribution in [-0.2, 0) is 0 Å². The van der Waals surface area contributed by atoms with E-state index in [0.29, 0.717) is 5.13 Å². The van der Waals surface area contributed by atoms with E-state index in [-0.39, 0.29) is 5.96 Å². The van der Waals surface area contributed by atoms with Crippen LogP contribution in [0.2, 0.25) is 0 Å². The van der Waals surface area contributed by atoms with Crippen LogP contribution in [0.25, 0.3) is 0 Å². The van der Waals surface area contributed by atoms with E-state index in [4.69, 9.17) is 16.6 Å². The molecule has 4 N–H and O–H groups in total. The molecular formula is C5H7N5S. The molecule has 6 heteroatoms. The van der Waals surface area contributed by atoms with Gasteiger partial charge in [-0.2, -0.15) is 0 Å². The van der Waals surface area contributed by atoms with Gasteiger partial charge in [0.2, 0.25) is 0 Å². The van der Waals surface area contributed by atoms with Crippen molar-refractivity contribution in [1.29, 1.82) is 10.8 Å². The molecule has 1 rings (SSSR count). The minimum absolute atomic E-state index is 0.199.